The summed E-state index contributed by atoms with van der Waals surface area (Å²) in [5.74, 6) is -0.306. The Morgan fingerprint density at radius 3 is 2.38 bits per heavy atom. The van der Waals surface area contributed by atoms with Crippen molar-refractivity contribution in [2.75, 3.05) is 13.6 Å². The fraction of sp³-hybridized carbons (Fsp3) is 0.364. The van der Waals surface area contributed by atoms with Crippen LogP contribution in [-0.4, -0.2) is 34.7 Å². The maximum absolute atomic E-state index is 11.4. The Labute approximate surface area is 99.0 Å². The Morgan fingerprint density at radius 1 is 1.38 bits per heavy atom. The van der Waals surface area contributed by atoms with Gasteiger partial charge < -0.3 is 0 Å². The number of hydrogen-bond donors (Lipinski definition) is 1. The fourth-order valence-corrected chi connectivity index (χ4v) is 2.06. The summed E-state index contributed by atoms with van der Waals surface area (Å²) < 4.78 is 0. The Kier molecular flexibility index (Phi) is 2.66. The molecule has 1 fully saturated rings. The number of carbonyl (C=O) groups is 1. The van der Waals surface area contributed by atoms with Crippen LogP contribution in [0.4, 0.5) is 0 Å². The van der Waals surface area contributed by atoms with Crippen molar-refractivity contribution in [2.45, 2.75) is 12.6 Å². The monoisotopic (exact) mass is 240 g/mol. The minimum Gasteiger partial charge on any atom is -0.284 e. The molecule has 1 atom stereocenters. The van der Waals surface area contributed by atoms with Crippen LogP contribution in [0, 0.1) is 0 Å². The van der Waals surface area contributed by atoms with Gasteiger partial charge in [0.2, 0.25) is 0 Å². The molecule has 0 radical (unpaired) electrons. The Bertz CT molecular complexity index is 420. The Balaban J connectivity index is 2.45. The molecule has 2 rings (SSSR count). The van der Waals surface area contributed by atoms with Crippen LogP contribution in [0.3, 0.4) is 0 Å². The van der Waals surface area contributed by atoms with Crippen LogP contribution in [0.25, 0.3) is 0 Å². The first-order valence-electron chi connectivity index (χ1n) is 4.95. The van der Waals surface area contributed by atoms with Gasteiger partial charge in [-0.25, -0.2) is 0 Å². The van der Waals surface area contributed by atoms with Gasteiger partial charge >= 0.3 is 0 Å². The molecule has 5 heteroatoms. The van der Waals surface area contributed by atoms with Crippen molar-refractivity contribution in [1.82, 2.24) is 9.96 Å². The maximum Gasteiger partial charge on any atom is 0.262 e. The first kappa shape index (κ1) is 11.4. The van der Waals surface area contributed by atoms with E-state index in [0.29, 0.717) is 5.02 Å². The van der Waals surface area contributed by atoms with Crippen molar-refractivity contribution in [2.24, 2.45) is 0 Å². The Morgan fingerprint density at radius 2 is 1.94 bits per heavy atom. The largest absolute Gasteiger partial charge is 0.284 e. The lowest BCUT2D eigenvalue weighted by atomic mass is 10.0. The molecule has 0 aliphatic carbocycles. The number of benzene rings is 1. The quantitative estimate of drug-likeness (QED) is 0.760. The van der Waals surface area contributed by atoms with E-state index in [-0.39, 0.29) is 12.5 Å². The molecule has 0 spiro atoms. The van der Waals surface area contributed by atoms with Crippen LogP contribution in [0.5, 0.6) is 0 Å². The number of amides is 1. The molecule has 1 aromatic rings. The molecule has 86 valence electrons. The average Bonchev–Trinajstić information content (AvgIpc) is 2.45. The molecular weight excluding hydrogens is 228 g/mol. The zero-order valence-electron chi connectivity index (χ0n) is 9.14. The summed E-state index contributed by atoms with van der Waals surface area (Å²) in [4.78, 5) is 13.2. The van der Waals surface area contributed by atoms with Gasteiger partial charge in [0.1, 0.15) is 5.66 Å². The van der Waals surface area contributed by atoms with Crippen LogP contribution in [0.1, 0.15) is 12.5 Å². The number of nitrogens with zero attached hydrogens (tertiary/aromatic N) is 2. The van der Waals surface area contributed by atoms with E-state index >= 15 is 0 Å². The van der Waals surface area contributed by atoms with E-state index in [0.717, 1.165) is 10.6 Å². The highest BCUT2D eigenvalue weighted by atomic mass is 35.5. The lowest BCUT2D eigenvalue weighted by Gasteiger charge is -2.35. The zero-order chi connectivity index (χ0) is 11.9. The highest BCUT2D eigenvalue weighted by molar-refractivity contribution is 6.30. The molecule has 1 aromatic carbocycles. The van der Waals surface area contributed by atoms with E-state index in [1.165, 1.54) is 0 Å². The van der Waals surface area contributed by atoms with Gasteiger partial charge in [0.15, 0.2) is 0 Å². The molecule has 0 bridgehead atoms. The van der Waals surface area contributed by atoms with Crippen LogP contribution in [-0.2, 0) is 10.5 Å². The number of halogens is 1. The minimum atomic E-state index is -0.818. The predicted molar refractivity (Wildman–Crippen MR) is 60.1 cm³/mol. The van der Waals surface area contributed by atoms with Crippen molar-refractivity contribution < 1.29 is 10.0 Å². The van der Waals surface area contributed by atoms with Crippen molar-refractivity contribution in [3.05, 3.63) is 34.9 Å². The third kappa shape index (κ3) is 1.50. The molecule has 16 heavy (non-hydrogen) atoms. The van der Waals surface area contributed by atoms with Gasteiger partial charge in [-0.15, -0.1) is 0 Å². The summed E-state index contributed by atoms with van der Waals surface area (Å²) in [5, 5.41) is 11.2. The second kappa shape index (κ2) is 3.73. The van der Waals surface area contributed by atoms with Crippen molar-refractivity contribution in [1.29, 1.82) is 0 Å². The predicted octanol–water partition coefficient (Wildman–Crippen LogP) is 1.68. The maximum atomic E-state index is 11.4. The first-order chi connectivity index (χ1) is 7.46. The van der Waals surface area contributed by atoms with Crippen molar-refractivity contribution in [3.63, 3.8) is 0 Å². The van der Waals surface area contributed by atoms with E-state index in [9.17, 15) is 10.0 Å². The molecule has 1 amide bonds. The minimum absolute atomic E-state index is 0.204. The summed E-state index contributed by atoms with van der Waals surface area (Å²) >= 11 is 5.81. The van der Waals surface area contributed by atoms with Crippen molar-refractivity contribution in [3.8, 4) is 0 Å². The molecule has 1 saturated heterocycles. The van der Waals surface area contributed by atoms with E-state index in [1.807, 2.05) is 0 Å². The van der Waals surface area contributed by atoms with Gasteiger partial charge in [0.05, 0.1) is 6.54 Å². The SMILES string of the molecule is CN1CC(=O)N(O)[C@]1(C)c1ccc(Cl)cc1. The Hall–Kier alpha value is -1.10. The molecule has 1 heterocycles. The second-order valence-electron chi connectivity index (χ2n) is 4.09. The van der Waals surface area contributed by atoms with Gasteiger partial charge in [-0.3, -0.25) is 14.9 Å². The number of hydrogen-bond acceptors (Lipinski definition) is 3. The zero-order valence-corrected chi connectivity index (χ0v) is 9.90. The van der Waals surface area contributed by atoms with Gasteiger partial charge in [-0.05, 0) is 31.7 Å². The van der Waals surface area contributed by atoms with Gasteiger partial charge in [-0.2, -0.15) is 5.06 Å². The first-order valence-corrected chi connectivity index (χ1v) is 5.33. The van der Waals surface area contributed by atoms with E-state index in [4.69, 9.17) is 11.6 Å². The summed E-state index contributed by atoms with van der Waals surface area (Å²) in [5.41, 5.74) is 0.00883. The van der Waals surface area contributed by atoms with Crippen LogP contribution >= 0.6 is 11.6 Å². The smallest absolute Gasteiger partial charge is 0.262 e. The molecule has 0 unspecified atom stereocenters. The van der Waals surface area contributed by atoms with E-state index in [1.54, 1.807) is 43.1 Å². The number of carbonyl (C=O) groups excluding carboxylic acids is 1. The lowest BCUT2D eigenvalue weighted by Crippen LogP contribution is -2.45. The van der Waals surface area contributed by atoms with E-state index in [2.05, 4.69) is 0 Å². The van der Waals surface area contributed by atoms with Crippen LogP contribution in [0.2, 0.25) is 5.02 Å². The number of rotatable bonds is 1. The third-order valence-electron chi connectivity index (χ3n) is 3.16. The standard InChI is InChI=1S/C11H13ClN2O2/c1-11(8-3-5-9(12)6-4-8)13(2)7-10(15)14(11)16/h3-6,16H,7H2,1-2H3/t11-/m1/s1. The number of hydroxylamine groups is 2. The van der Waals surface area contributed by atoms with Crippen LogP contribution < -0.4 is 0 Å². The lowest BCUT2D eigenvalue weighted by molar-refractivity contribution is -0.192. The molecule has 1 aliphatic rings. The number of likely N-dealkylation sites (N-methyl/N-ethyl adjacent to an activating group) is 1. The molecule has 0 saturated carbocycles. The van der Waals surface area contributed by atoms with Gasteiger partial charge in [-0.1, -0.05) is 23.7 Å². The second-order valence-corrected chi connectivity index (χ2v) is 4.53. The molecular formula is C11H13ClN2O2. The molecule has 4 nitrogen and oxygen atoms in total. The highest BCUT2D eigenvalue weighted by Gasteiger charge is 2.47. The average molecular weight is 241 g/mol. The summed E-state index contributed by atoms with van der Waals surface area (Å²) in [6.45, 7) is 2.00. The third-order valence-corrected chi connectivity index (χ3v) is 3.41. The molecule has 1 N–H and O–H groups in total. The molecule has 0 aromatic heterocycles. The van der Waals surface area contributed by atoms with Crippen LogP contribution in [0.15, 0.2) is 24.3 Å². The van der Waals surface area contributed by atoms with Gasteiger partial charge in [0.25, 0.3) is 5.91 Å². The van der Waals surface area contributed by atoms with E-state index < -0.39 is 5.66 Å². The molecule has 1 aliphatic heterocycles. The summed E-state index contributed by atoms with van der Waals surface area (Å²) in [6, 6.07) is 7.10. The highest BCUT2D eigenvalue weighted by Crippen LogP contribution is 2.34. The normalized spacial score (nSPS) is 26.5. The fourth-order valence-electron chi connectivity index (χ4n) is 1.94. The topological polar surface area (TPSA) is 43.8 Å². The van der Waals surface area contributed by atoms with Gasteiger partial charge in [0, 0.05) is 5.02 Å². The van der Waals surface area contributed by atoms with Crippen molar-refractivity contribution >= 4 is 17.5 Å². The summed E-state index contributed by atoms with van der Waals surface area (Å²) in [7, 11) is 1.79. The summed E-state index contributed by atoms with van der Waals surface area (Å²) in [6.07, 6.45) is 0.